The van der Waals surface area contributed by atoms with Crippen molar-refractivity contribution >= 4 is 11.1 Å². The molecule has 6 rings (SSSR count). The third-order valence-corrected chi connectivity index (χ3v) is 9.79. The van der Waals surface area contributed by atoms with Crippen molar-refractivity contribution in [2.45, 2.75) is 78.6 Å². The van der Waals surface area contributed by atoms with Crippen LogP contribution in [-0.2, 0) is 12.8 Å². The molecule has 41 heavy (non-hydrogen) atoms. The summed E-state index contributed by atoms with van der Waals surface area (Å²) in [5.74, 6) is 0.624. The topological polar surface area (TPSA) is 0 Å². The molecule has 0 radical (unpaired) electrons. The maximum absolute atomic E-state index is 4.78. The van der Waals surface area contributed by atoms with E-state index in [2.05, 4.69) is 102 Å². The highest BCUT2D eigenvalue weighted by Gasteiger charge is 2.41. The molecule has 2 unspecified atom stereocenters. The van der Waals surface area contributed by atoms with Crippen LogP contribution in [0.4, 0.5) is 0 Å². The van der Waals surface area contributed by atoms with Gasteiger partial charge >= 0.3 is 0 Å². The van der Waals surface area contributed by atoms with Gasteiger partial charge in [0.2, 0.25) is 0 Å². The molecule has 0 nitrogen and oxygen atoms in total. The predicted molar refractivity (Wildman–Crippen MR) is 178 cm³/mol. The fourth-order valence-electron chi connectivity index (χ4n) is 7.76. The molecule has 0 heteroatoms. The molecule has 2 atom stereocenters. The molecule has 208 valence electrons. The quantitative estimate of drug-likeness (QED) is 0.330. The van der Waals surface area contributed by atoms with Crippen LogP contribution in [0.2, 0.25) is 0 Å². The SMILES string of the molecule is C=C(CCC)C1=C(C)C=C2CC(=CC3=CC=C(c4ccc(C(=C)C)cc4C)C3)C(=C)C2C1c1ccc2c(c1)CCC2. The molecule has 4 aliphatic rings. The first-order valence-corrected chi connectivity index (χ1v) is 15.5. The van der Waals surface area contributed by atoms with E-state index in [-0.39, 0.29) is 0 Å². The van der Waals surface area contributed by atoms with Gasteiger partial charge in [-0.2, -0.15) is 0 Å². The number of benzene rings is 2. The maximum atomic E-state index is 4.78. The number of aryl methyl sites for hydroxylation is 3. The Hall–Kier alpha value is -3.64. The number of allylic oxidation sites excluding steroid dienone is 13. The first-order valence-electron chi connectivity index (χ1n) is 15.5. The summed E-state index contributed by atoms with van der Waals surface area (Å²) in [6, 6.07) is 14.1. The molecule has 1 fully saturated rings. The molecular weight excluding hydrogens is 492 g/mol. The van der Waals surface area contributed by atoms with Gasteiger partial charge in [-0.05, 0) is 126 Å². The van der Waals surface area contributed by atoms with Crippen molar-refractivity contribution < 1.29 is 0 Å². The highest BCUT2D eigenvalue weighted by molar-refractivity contribution is 5.77. The Morgan fingerprint density at radius 3 is 2.51 bits per heavy atom. The zero-order chi connectivity index (χ0) is 28.8. The minimum atomic E-state index is 0.305. The van der Waals surface area contributed by atoms with E-state index in [9.17, 15) is 0 Å². The minimum Gasteiger partial charge on any atom is -0.0955 e. The summed E-state index contributed by atoms with van der Waals surface area (Å²) in [5, 5.41) is 0. The highest BCUT2D eigenvalue weighted by atomic mass is 14.4. The van der Waals surface area contributed by atoms with E-state index in [1.54, 1.807) is 11.1 Å². The molecule has 0 spiro atoms. The van der Waals surface area contributed by atoms with E-state index in [0.29, 0.717) is 11.8 Å². The van der Waals surface area contributed by atoms with Crippen molar-refractivity contribution in [2.24, 2.45) is 5.92 Å². The van der Waals surface area contributed by atoms with Gasteiger partial charge in [0.25, 0.3) is 0 Å². The fraction of sp³-hybridized carbons (Fsp3) is 0.317. The van der Waals surface area contributed by atoms with Crippen LogP contribution in [0.1, 0.15) is 92.2 Å². The number of hydrogen-bond acceptors (Lipinski definition) is 0. The van der Waals surface area contributed by atoms with Crippen molar-refractivity contribution in [3.8, 4) is 0 Å². The van der Waals surface area contributed by atoms with Gasteiger partial charge in [0.05, 0.1) is 0 Å². The molecule has 0 aromatic heterocycles. The second kappa shape index (κ2) is 11.0. The van der Waals surface area contributed by atoms with Gasteiger partial charge in [-0.3, -0.25) is 0 Å². The minimum absolute atomic E-state index is 0.305. The third kappa shape index (κ3) is 5.03. The van der Waals surface area contributed by atoms with Crippen LogP contribution in [0, 0.1) is 12.8 Å². The van der Waals surface area contributed by atoms with Crippen molar-refractivity contribution in [1.82, 2.24) is 0 Å². The van der Waals surface area contributed by atoms with Crippen LogP contribution >= 0.6 is 0 Å². The summed E-state index contributed by atoms with van der Waals surface area (Å²) in [5.41, 5.74) is 20.7. The average molecular weight is 537 g/mol. The van der Waals surface area contributed by atoms with Crippen molar-refractivity contribution in [3.05, 3.63) is 153 Å². The molecular formula is C41H44. The van der Waals surface area contributed by atoms with Gasteiger partial charge in [0.1, 0.15) is 0 Å². The molecule has 0 heterocycles. The average Bonchev–Trinajstić information content (AvgIpc) is 3.67. The van der Waals surface area contributed by atoms with Gasteiger partial charge in [-0.1, -0.05) is 111 Å². The first kappa shape index (κ1) is 27.5. The van der Waals surface area contributed by atoms with E-state index < -0.39 is 0 Å². The van der Waals surface area contributed by atoms with Crippen molar-refractivity contribution in [1.29, 1.82) is 0 Å². The van der Waals surface area contributed by atoms with Gasteiger partial charge in [0, 0.05) is 11.8 Å². The zero-order valence-corrected chi connectivity index (χ0v) is 25.5. The molecule has 4 aliphatic carbocycles. The number of hydrogen-bond donors (Lipinski definition) is 0. The lowest BCUT2D eigenvalue weighted by Crippen LogP contribution is -2.21. The Balaban J connectivity index is 1.30. The lowest BCUT2D eigenvalue weighted by Gasteiger charge is -2.35. The predicted octanol–water partition coefficient (Wildman–Crippen LogP) is 11.1. The van der Waals surface area contributed by atoms with Crippen LogP contribution in [0.5, 0.6) is 0 Å². The highest BCUT2D eigenvalue weighted by Crippen LogP contribution is 2.55. The summed E-state index contributed by atoms with van der Waals surface area (Å²) in [6.45, 7) is 22.4. The molecule has 0 aliphatic heterocycles. The van der Waals surface area contributed by atoms with Gasteiger partial charge in [-0.25, -0.2) is 0 Å². The van der Waals surface area contributed by atoms with E-state index >= 15 is 0 Å². The van der Waals surface area contributed by atoms with Crippen LogP contribution in [0.3, 0.4) is 0 Å². The van der Waals surface area contributed by atoms with E-state index in [1.807, 2.05) is 0 Å². The molecule has 2 aromatic carbocycles. The molecule has 0 N–H and O–H groups in total. The lowest BCUT2D eigenvalue weighted by atomic mass is 9.69. The monoisotopic (exact) mass is 536 g/mol. The third-order valence-electron chi connectivity index (χ3n) is 9.79. The van der Waals surface area contributed by atoms with Crippen molar-refractivity contribution in [3.63, 3.8) is 0 Å². The van der Waals surface area contributed by atoms with Crippen LogP contribution in [0.25, 0.3) is 11.1 Å². The Kier molecular flexibility index (Phi) is 7.37. The number of fused-ring (bicyclic) bond motifs is 2. The van der Waals surface area contributed by atoms with E-state index in [1.165, 1.54) is 86.1 Å². The molecule has 0 amide bonds. The summed E-state index contributed by atoms with van der Waals surface area (Å²) >= 11 is 0. The second-order valence-electron chi connectivity index (χ2n) is 12.8. The first-order chi connectivity index (χ1) is 19.7. The lowest BCUT2D eigenvalue weighted by molar-refractivity contribution is 0.618. The van der Waals surface area contributed by atoms with Crippen LogP contribution < -0.4 is 0 Å². The Morgan fingerprint density at radius 2 is 1.76 bits per heavy atom. The molecule has 1 saturated carbocycles. The van der Waals surface area contributed by atoms with Gasteiger partial charge < -0.3 is 0 Å². The molecule has 2 aromatic rings. The van der Waals surface area contributed by atoms with Crippen molar-refractivity contribution in [2.75, 3.05) is 0 Å². The summed E-state index contributed by atoms with van der Waals surface area (Å²) < 4.78 is 0. The summed E-state index contributed by atoms with van der Waals surface area (Å²) in [6.07, 6.45) is 17.4. The Bertz CT molecular complexity index is 1640. The Labute approximate surface area is 248 Å². The zero-order valence-electron chi connectivity index (χ0n) is 25.5. The smallest absolute Gasteiger partial charge is 0.0201 e. The standard InChI is InChI=1S/C41H44/c1-8-10-26(4)39-28(6)20-37-24-36(29(7)40(37)41(39)35-16-15-31-11-9-12-33(31)23-35)22-30-13-14-34(21-30)38-18-17-32(25(2)3)19-27(38)5/h13-20,22-23,40-41H,2,4,7-12,21,24H2,1,3,5-6H3. The van der Waals surface area contributed by atoms with E-state index in [4.69, 9.17) is 6.58 Å². The van der Waals surface area contributed by atoms with Gasteiger partial charge in [0.15, 0.2) is 0 Å². The molecule has 0 bridgehead atoms. The second-order valence-corrected chi connectivity index (χ2v) is 12.8. The van der Waals surface area contributed by atoms with Crippen LogP contribution in [0.15, 0.2) is 119 Å². The number of rotatable bonds is 7. The van der Waals surface area contributed by atoms with Gasteiger partial charge in [-0.15, -0.1) is 0 Å². The Morgan fingerprint density at radius 1 is 0.951 bits per heavy atom. The molecule has 0 saturated heterocycles. The van der Waals surface area contributed by atoms with Crippen LogP contribution in [-0.4, -0.2) is 0 Å². The van der Waals surface area contributed by atoms with E-state index in [0.717, 1.165) is 31.3 Å². The normalized spacial score (nSPS) is 22.5. The summed E-state index contributed by atoms with van der Waals surface area (Å²) in [7, 11) is 0. The summed E-state index contributed by atoms with van der Waals surface area (Å²) in [4.78, 5) is 0. The maximum Gasteiger partial charge on any atom is 0.0201 e. The largest absolute Gasteiger partial charge is 0.0955 e. The fourth-order valence-corrected chi connectivity index (χ4v) is 7.76.